The van der Waals surface area contributed by atoms with Crippen LogP contribution in [0, 0.1) is 0 Å². The zero-order valence-corrected chi connectivity index (χ0v) is 21.6. The SMILES string of the molecule is CCCCCCCCc1cc(C2C=CC(c3ccc(OCC4CO4)cc3)C=C2)ccc1OCC1CO1. The number of unbranched alkanes of at least 4 members (excludes halogenated alkanes) is 5. The lowest BCUT2D eigenvalue weighted by Crippen LogP contribution is -2.07. The molecule has 0 spiro atoms. The number of aryl methyl sites for hydroxylation is 1. The van der Waals surface area contributed by atoms with Crippen LogP contribution in [-0.4, -0.2) is 38.6 Å². The van der Waals surface area contributed by atoms with E-state index in [0.29, 0.717) is 25.0 Å². The summed E-state index contributed by atoms with van der Waals surface area (Å²) in [6.07, 6.45) is 18.8. The number of hydrogen-bond acceptors (Lipinski definition) is 4. The Kier molecular flexibility index (Phi) is 8.79. The van der Waals surface area contributed by atoms with E-state index in [2.05, 4.69) is 73.7 Å². The molecule has 0 amide bonds. The Morgan fingerprint density at radius 3 is 1.94 bits per heavy atom. The lowest BCUT2D eigenvalue weighted by atomic mass is 9.86. The average molecular weight is 489 g/mol. The second kappa shape index (κ2) is 12.6. The van der Waals surface area contributed by atoms with Crippen LogP contribution < -0.4 is 9.47 Å². The highest BCUT2D eigenvalue weighted by Crippen LogP contribution is 2.33. The smallest absolute Gasteiger partial charge is 0.122 e. The highest BCUT2D eigenvalue weighted by atomic mass is 16.6. The third-order valence-corrected chi connectivity index (χ3v) is 7.25. The van der Waals surface area contributed by atoms with Crippen LogP contribution in [-0.2, 0) is 15.9 Å². The van der Waals surface area contributed by atoms with Gasteiger partial charge in [-0.2, -0.15) is 0 Å². The first kappa shape index (κ1) is 25.1. The number of rotatable bonds is 15. The predicted octanol–water partition coefficient (Wildman–Crippen LogP) is 7.14. The highest BCUT2D eigenvalue weighted by molar-refractivity contribution is 5.44. The molecular weight excluding hydrogens is 448 g/mol. The summed E-state index contributed by atoms with van der Waals surface area (Å²) in [5.74, 6) is 2.53. The third kappa shape index (κ3) is 7.47. The van der Waals surface area contributed by atoms with E-state index in [-0.39, 0.29) is 12.2 Å². The predicted molar refractivity (Wildman–Crippen MR) is 144 cm³/mol. The first-order chi connectivity index (χ1) is 17.8. The minimum absolute atomic E-state index is 0.278. The van der Waals surface area contributed by atoms with Gasteiger partial charge in [0, 0.05) is 11.8 Å². The topological polar surface area (TPSA) is 43.5 Å². The van der Waals surface area contributed by atoms with Crippen molar-refractivity contribution in [3.05, 3.63) is 83.5 Å². The summed E-state index contributed by atoms with van der Waals surface area (Å²) in [5, 5.41) is 0. The van der Waals surface area contributed by atoms with Crippen molar-refractivity contribution in [2.24, 2.45) is 0 Å². The second-order valence-corrected chi connectivity index (χ2v) is 10.3. The van der Waals surface area contributed by atoms with Crippen LogP contribution in [0.2, 0.25) is 0 Å². The minimum atomic E-state index is 0.278. The summed E-state index contributed by atoms with van der Waals surface area (Å²) < 4.78 is 22.5. The quantitative estimate of drug-likeness (QED) is 0.152. The number of hydrogen-bond donors (Lipinski definition) is 0. The second-order valence-electron chi connectivity index (χ2n) is 10.3. The van der Waals surface area contributed by atoms with Crippen molar-refractivity contribution in [2.75, 3.05) is 26.4 Å². The molecule has 2 atom stereocenters. The van der Waals surface area contributed by atoms with E-state index in [4.69, 9.17) is 18.9 Å². The lowest BCUT2D eigenvalue weighted by Gasteiger charge is -2.20. The summed E-state index contributed by atoms with van der Waals surface area (Å²) in [4.78, 5) is 0. The molecule has 0 saturated carbocycles. The Bertz CT molecular complexity index is 1000. The number of ether oxygens (including phenoxy) is 4. The molecule has 1 aliphatic carbocycles. The summed E-state index contributed by atoms with van der Waals surface area (Å²) in [5.41, 5.74) is 3.95. The van der Waals surface area contributed by atoms with Crippen molar-refractivity contribution < 1.29 is 18.9 Å². The van der Waals surface area contributed by atoms with Gasteiger partial charge in [-0.05, 0) is 47.7 Å². The summed E-state index contributed by atoms with van der Waals surface area (Å²) in [7, 11) is 0. The van der Waals surface area contributed by atoms with Crippen LogP contribution in [0.1, 0.15) is 74.0 Å². The number of epoxide rings is 2. The molecule has 2 saturated heterocycles. The molecule has 2 heterocycles. The molecule has 192 valence electrons. The zero-order chi connectivity index (χ0) is 24.6. The van der Waals surface area contributed by atoms with Gasteiger partial charge in [0.25, 0.3) is 0 Å². The summed E-state index contributed by atoms with van der Waals surface area (Å²) in [6, 6.07) is 15.2. The Balaban J connectivity index is 1.18. The van der Waals surface area contributed by atoms with Crippen LogP contribution in [0.25, 0.3) is 0 Å². The molecule has 4 nitrogen and oxygen atoms in total. The van der Waals surface area contributed by atoms with Gasteiger partial charge in [0.05, 0.1) is 13.2 Å². The van der Waals surface area contributed by atoms with Crippen LogP contribution in [0.15, 0.2) is 66.8 Å². The summed E-state index contributed by atoms with van der Waals surface area (Å²) in [6.45, 7) is 5.22. The Morgan fingerprint density at radius 1 is 0.694 bits per heavy atom. The first-order valence-electron chi connectivity index (χ1n) is 13.9. The molecule has 2 aromatic carbocycles. The van der Waals surface area contributed by atoms with Gasteiger partial charge in [-0.3, -0.25) is 0 Å². The molecule has 0 bridgehead atoms. The molecule has 2 unspecified atom stereocenters. The largest absolute Gasteiger partial charge is 0.491 e. The van der Waals surface area contributed by atoms with E-state index < -0.39 is 0 Å². The van der Waals surface area contributed by atoms with Crippen molar-refractivity contribution in [3.8, 4) is 11.5 Å². The lowest BCUT2D eigenvalue weighted by molar-refractivity contribution is 0.261. The molecule has 2 fully saturated rings. The van der Waals surface area contributed by atoms with Gasteiger partial charge in [-0.25, -0.2) is 0 Å². The average Bonchev–Trinajstić information content (AvgIpc) is 3.85. The first-order valence-corrected chi connectivity index (χ1v) is 13.9. The molecule has 0 aromatic heterocycles. The minimum Gasteiger partial charge on any atom is -0.491 e. The molecule has 36 heavy (non-hydrogen) atoms. The maximum atomic E-state index is 6.14. The van der Waals surface area contributed by atoms with Crippen LogP contribution in [0.4, 0.5) is 0 Å². The van der Waals surface area contributed by atoms with Gasteiger partial charge >= 0.3 is 0 Å². The standard InChI is InChI=1S/C32H40O4/c1-2-3-4-5-6-7-8-28-19-27(15-18-32(28)36-23-31-22-35-31)26-11-9-24(10-12-26)25-13-16-29(17-14-25)33-20-30-21-34-30/h9-19,24,26,30-31H,2-8,20-23H2,1H3. The molecule has 2 aliphatic heterocycles. The van der Waals surface area contributed by atoms with E-state index in [0.717, 1.165) is 31.1 Å². The molecule has 4 heteroatoms. The van der Waals surface area contributed by atoms with Crippen LogP contribution in [0.5, 0.6) is 11.5 Å². The molecule has 2 aromatic rings. The Hall–Kier alpha value is -2.56. The fourth-order valence-corrected chi connectivity index (χ4v) is 4.78. The molecule has 3 aliphatic rings. The van der Waals surface area contributed by atoms with Crippen molar-refractivity contribution in [1.82, 2.24) is 0 Å². The van der Waals surface area contributed by atoms with Gasteiger partial charge < -0.3 is 18.9 Å². The fraction of sp³-hybridized carbons (Fsp3) is 0.500. The maximum absolute atomic E-state index is 6.14. The van der Waals surface area contributed by atoms with Gasteiger partial charge in [-0.1, -0.05) is 87.6 Å². The summed E-state index contributed by atoms with van der Waals surface area (Å²) >= 11 is 0. The van der Waals surface area contributed by atoms with Crippen molar-refractivity contribution >= 4 is 0 Å². The van der Waals surface area contributed by atoms with E-state index in [1.807, 2.05) is 0 Å². The Morgan fingerprint density at radius 2 is 1.28 bits per heavy atom. The van der Waals surface area contributed by atoms with E-state index >= 15 is 0 Å². The van der Waals surface area contributed by atoms with E-state index in [1.54, 1.807) is 0 Å². The normalized spacial score (nSPS) is 24.0. The van der Waals surface area contributed by atoms with Gasteiger partial charge in [0.1, 0.15) is 36.9 Å². The molecule has 0 radical (unpaired) electrons. The monoisotopic (exact) mass is 488 g/mol. The van der Waals surface area contributed by atoms with E-state index in [9.17, 15) is 0 Å². The fourth-order valence-electron chi connectivity index (χ4n) is 4.78. The van der Waals surface area contributed by atoms with Gasteiger partial charge in [0.15, 0.2) is 0 Å². The van der Waals surface area contributed by atoms with Crippen LogP contribution >= 0.6 is 0 Å². The number of benzene rings is 2. The van der Waals surface area contributed by atoms with E-state index in [1.165, 1.54) is 55.2 Å². The molecular formula is C32H40O4. The Labute approximate surface area is 216 Å². The van der Waals surface area contributed by atoms with Crippen molar-refractivity contribution in [3.63, 3.8) is 0 Å². The van der Waals surface area contributed by atoms with Gasteiger partial charge in [0.2, 0.25) is 0 Å². The third-order valence-electron chi connectivity index (χ3n) is 7.25. The molecule has 0 N–H and O–H groups in total. The van der Waals surface area contributed by atoms with Crippen molar-refractivity contribution in [2.45, 2.75) is 75.9 Å². The highest BCUT2D eigenvalue weighted by Gasteiger charge is 2.24. The van der Waals surface area contributed by atoms with Crippen LogP contribution in [0.3, 0.4) is 0 Å². The number of allylic oxidation sites excluding steroid dienone is 4. The maximum Gasteiger partial charge on any atom is 0.122 e. The molecule has 5 rings (SSSR count). The zero-order valence-electron chi connectivity index (χ0n) is 21.6. The van der Waals surface area contributed by atoms with Gasteiger partial charge in [-0.15, -0.1) is 0 Å². The van der Waals surface area contributed by atoms with Crippen molar-refractivity contribution in [1.29, 1.82) is 0 Å².